The molecule has 2 aromatic heterocycles. The Morgan fingerprint density at radius 1 is 1.09 bits per heavy atom. The van der Waals surface area contributed by atoms with E-state index in [-0.39, 0.29) is 12.0 Å². The summed E-state index contributed by atoms with van der Waals surface area (Å²) in [6.07, 6.45) is 3.36. The van der Waals surface area contributed by atoms with Crippen LogP contribution in [0.3, 0.4) is 0 Å². The molecule has 0 amide bonds. The summed E-state index contributed by atoms with van der Waals surface area (Å²) in [5.74, 6) is 0. The normalized spacial score (nSPS) is 11.1. The smallest absolute Gasteiger partial charge is 0.187 e. The third kappa shape index (κ3) is 2.40. The van der Waals surface area contributed by atoms with Crippen LogP contribution in [0.25, 0.3) is 16.7 Å². The second-order valence-electron chi connectivity index (χ2n) is 5.42. The molecule has 3 aromatic rings. The molecule has 2 heterocycles. The highest BCUT2D eigenvalue weighted by molar-refractivity contribution is 5.78. The molecule has 1 aromatic carbocycles. The van der Waals surface area contributed by atoms with Crippen LogP contribution in [0.5, 0.6) is 0 Å². The average molecular weight is 295 g/mol. The van der Waals surface area contributed by atoms with Crippen LogP contribution in [0.15, 0.2) is 35.4 Å². The molecule has 3 rings (SSSR count). The van der Waals surface area contributed by atoms with Crippen LogP contribution in [0.2, 0.25) is 0 Å². The summed E-state index contributed by atoms with van der Waals surface area (Å²) in [5.41, 5.74) is 5.64. The number of rotatable bonds is 2. The Kier molecular flexibility index (Phi) is 3.50. The number of aromatic nitrogens is 3. The largest absolute Gasteiger partial charge is 0.391 e. The summed E-state index contributed by atoms with van der Waals surface area (Å²) in [7, 11) is 0. The summed E-state index contributed by atoms with van der Waals surface area (Å²) in [4.78, 5) is 20.8. The molecule has 1 N–H and O–H groups in total. The van der Waals surface area contributed by atoms with E-state index in [1.807, 2.05) is 37.5 Å². The van der Waals surface area contributed by atoms with Crippen molar-refractivity contribution in [3.05, 3.63) is 63.3 Å². The number of hydrogen-bond acceptors (Lipinski definition) is 4. The molecule has 0 saturated heterocycles. The molecule has 22 heavy (non-hydrogen) atoms. The Hall–Kier alpha value is -2.53. The minimum absolute atomic E-state index is 0.163. The molecule has 0 unspecified atom stereocenters. The van der Waals surface area contributed by atoms with Crippen LogP contribution in [0.1, 0.15) is 22.5 Å². The Morgan fingerprint density at radius 2 is 1.73 bits per heavy atom. The van der Waals surface area contributed by atoms with Crippen LogP contribution in [0, 0.1) is 20.8 Å². The third-order valence-electron chi connectivity index (χ3n) is 3.84. The Morgan fingerprint density at radius 3 is 2.36 bits per heavy atom. The van der Waals surface area contributed by atoms with E-state index in [1.54, 1.807) is 12.4 Å². The minimum Gasteiger partial charge on any atom is -0.391 e. The quantitative estimate of drug-likeness (QED) is 0.787. The molecule has 0 aliphatic rings. The molecule has 0 radical (unpaired) electrons. The maximum atomic E-state index is 11.6. The predicted octanol–water partition coefficient (Wildman–Crippen LogP) is 2.20. The minimum atomic E-state index is -0.273. The summed E-state index contributed by atoms with van der Waals surface area (Å²) in [5, 5.41) is 9.26. The number of aliphatic hydroxyl groups excluding tert-OH is 1. The molecule has 0 saturated carbocycles. The summed E-state index contributed by atoms with van der Waals surface area (Å²) in [6.45, 7) is 5.59. The molecule has 0 aliphatic heterocycles. The maximum Gasteiger partial charge on any atom is 0.187 e. The van der Waals surface area contributed by atoms with E-state index in [9.17, 15) is 9.90 Å². The maximum absolute atomic E-state index is 11.6. The molecule has 112 valence electrons. The van der Waals surface area contributed by atoms with Crippen LogP contribution in [-0.4, -0.2) is 19.6 Å². The standard InChI is InChI=1S/C17H17N3O2/c1-10-6-14-15(19-12(3)11(2)18-14)7-16(10)20-5-4-17(22)13(8-20)9-21/h4-8,21H,9H2,1-3H3. The molecule has 0 spiro atoms. The molecular formula is C17H17N3O2. The molecule has 5 nitrogen and oxygen atoms in total. The van der Waals surface area contributed by atoms with Crippen molar-refractivity contribution < 1.29 is 5.11 Å². The van der Waals surface area contributed by atoms with Crippen molar-refractivity contribution in [2.24, 2.45) is 0 Å². The van der Waals surface area contributed by atoms with Gasteiger partial charge < -0.3 is 9.67 Å². The van der Waals surface area contributed by atoms with E-state index in [1.165, 1.54) is 6.07 Å². The fourth-order valence-corrected chi connectivity index (χ4v) is 2.45. The molecule has 0 aliphatic carbocycles. The molecule has 0 atom stereocenters. The van der Waals surface area contributed by atoms with Gasteiger partial charge >= 0.3 is 0 Å². The van der Waals surface area contributed by atoms with Gasteiger partial charge in [0.25, 0.3) is 0 Å². The van der Waals surface area contributed by atoms with Gasteiger partial charge in [0.15, 0.2) is 5.43 Å². The Labute approximate surface area is 127 Å². The van der Waals surface area contributed by atoms with Crippen LogP contribution >= 0.6 is 0 Å². The summed E-state index contributed by atoms with van der Waals surface area (Å²) < 4.78 is 1.83. The lowest BCUT2D eigenvalue weighted by Crippen LogP contribution is -2.11. The van der Waals surface area contributed by atoms with Gasteiger partial charge in [0.05, 0.1) is 34.7 Å². The van der Waals surface area contributed by atoms with Crippen molar-refractivity contribution in [3.8, 4) is 5.69 Å². The molecular weight excluding hydrogens is 278 g/mol. The van der Waals surface area contributed by atoms with E-state index in [2.05, 4.69) is 9.97 Å². The molecule has 0 bridgehead atoms. The highest BCUT2D eigenvalue weighted by atomic mass is 16.3. The first-order valence-corrected chi connectivity index (χ1v) is 7.07. The van der Waals surface area contributed by atoms with Gasteiger partial charge in [-0.1, -0.05) is 0 Å². The van der Waals surface area contributed by atoms with Gasteiger partial charge in [-0.25, -0.2) is 9.97 Å². The van der Waals surface area contributed by atoms with Crippen LogP contribution in [-0.2, 0) is 6.61 Å². The lowest BCUT2D eigenvalue weighted by molar-refractivity contribution is 0.280. The van der Waals surface area contributed by atoms with Crippen molar-refractivity contribution in [1.82, 2.24) is 14.5 Å². The monoisotopic (exact) mass is 295 g/mol. The zero-order valence-electron chi connectivity index (χ0n) is 12.8. The topological polar surface area (TPSA) is 68.0 Å². The third-order valence-corrected chi connectivity index (χ3v) is 3.84. The van der Waals surface area contributed by atoms with Gasteiger partial charge in [-0.3, -0.25) is 4.79 Å². The fourth-order valence-electron chi connectivity index (χ4n) is 2.45. The second kappa shape index (κ2) is 5.35. The van der Waals surface area contributed by atoms with Gasteiger partial charge in [-0.2, -0.15) is 0 Å². The van der Waals surface area contributed by atoms with Gasteiger partial charge in [-0.05, 0) is 38.5 Å². The first-order chi connectivity index (χ1) is 10.5. The van der Waals surface area contributed by atoms with E-state index in [0.29, 0.717) is 5.56 Å². The highest BCUT2D eigenvalue weighted by Crippen LogP contribution is 2.21. The van der Waals surface area contributed by atoms with Crippen molar-refractivity contribution in [2.75, 3.05) is 0 Å². The van der Waals surface area contributed by atoms with Crippen molar-refractivity contribution in [2.45, 2.75) is 27.4 Å². The van der Waals surface area contributed by atoms with Crippen LogP contribution < -0.4 is 5.43 Å². The number of aliphatic hydroxyl groups is 1. The van der Waals surface area contributed by atoms with E-state index in [0.717, 1.165) is 33.7 Å². The number of aryl methyl sites for hydroxylation is 3. The molecule has 0 fully saturated rings. The first kappa shape index (κ1) is 14.4. The average Bonchev–Trinajstić information content (AvgIpc) is 2.49. The van der Waals surface area contributed by atoms with Crippen molar-refractivity contribution >= 4 is 11.0 Å². The number of nitrogens with zero attached hydrogens (tertiary/aromatic N) is 3. The fraction of sp³-hybridized carbons (Fsp3) is 0.235. The number of fused-ring (bicyclic) bond motifs is 1. The van der Waals surface area contributed by atoms with Gasteiger partial charge in [0.2, 0.25) is 0 Å². The predicted molar refractivity (Wildman–Crippen MR) is 85.3 cm³/mol. The second-order valence-corrected chi connectivity index (χ2v) is 5.42. The SMILES string of the molecule is Cc1cc2nc(C)c(C)nc2cc1-n1ccc(=O)c(CO)c1. The zero-order chi connectivity index (χ0) is 15.9. The van der Waals surface area contributed by atoms with E-state index >= 15 is 0 Å². The van der Waals surface area contributed by atoms with Crippen molar-refractivity contribution in [3.63, 3.8) is 0 Å². The highest BCUT2D eigenvalue weighted by Gasteiger charge is 2.08. The zero-order valence-corrected chi connectivity index (χ0v) is 12.8. The summed E-state index contributed by atoms with van der Waals surface area (Å²) >= 11 is 0. The first-order valence-electron chi connectivity index (χ1n) is 7.07. The summed E-state index contributed by atoms with van der Waals surface area (Å²) in [6, 6.07) is 5.40. The van der Waals surface area contributed by atoms with Gasteiger partial charge in [-0.15, -0.1) is 0 Å². The lowest BCUT2D eigenvalue weighted by Gasteiger charge is -2.12. The number of hydrogen-bond donors (Lipinski definition) is 1. The Balaban J connectivity index is 2.24. The Bertz CT molecular complexity index is 929. The number of benzene rings is 1. The van der Waals surface area contributed by atoms with E-state index in [4.69, 9.17) is 0 Å². The van der Waals surface area contributed by atoms with Gasteiger partial charge in [0, 0.05) is 24.0 Å². The van der Waals surface area contributed by atoms with Crippen LogP contribution in [0.4, 0.5) is 0 Å². The van der Waals surface area contributed by atoms with Crippen molar-refractivity contribution in [1.29, 1.82) is 0 Å². The number of pyridine rings is 1. The molecule has 5 heteroatoms. The lowest BCUT2D eigenvalue weighted by atomic mass is 10.1. The van der Waals surface area contributed by atoms with E-state index < -0.39 is 0 Å². The van der Waals surface area contributed by atoms with Gasteiger partial charge in [0.1, 0.15) is 0 Å².